The van der Waals surface area contributed by atoms with Gasteiger partial charge in [0.05, 0.1) is 6.61 Å². The van der Waals surface area contributed by atoms with E-state index in [-0.39, 0.29) is 0 Å². The van der Waals surface area contributed by atoms with Gasteiger partial charge in [-0.15, -0.1) is 0 Å². The van der Waals surface area contributed by atoms with Gasteiger partial charge in [-0.2, -0.15) is 0 Å². The van der Waals surface area contributed by atoms with Crippen molar-refractivity contribution in [2.45, 2.75) is 39.7 Å². The Morgan fingerprint density at radius 1 is 1.05 bits per heavy atom. The monoisotopic (exact) mass is 265 g/mol. The summed E-state index contributed by atoms with van der Waals surface area (Å²) in [5, 5.41) is 3.48. The minimum Gasteiger partial charge on any atom is -0.494 e. The average Bonchev–Trinajstić information content (AvgIpc) is 2.45. The Labute approximate surface area is 117 Å². The van der Waals surface area contributed by atoms with Crippen LogP contribution in [0.25, 0.3) is 0 Å². The molecule has 0 aliphatic carbocycles. The lowest BCUT2D eigenvalue weighted by Crippen LogP contribution is -2.19. The average molecular weight is 265 g/mol. The summed E-state index contributed by atoms with van der Waals surface area (Å²) in [4.78, 5) is 0. The molecule has 0 spiro atoms. The molecule has 3 nitrogen and oxygen atoms in total. The summed E-state index contributed by atoms with van der Waals surface area (Å²) in [7, 11) is 0. The smallest absolute Gasteiger partial charge is 0.119 e. The van der Waals surface area contributed by atoms with Crippen molar-refractivity contribution in [1.29, 1.82) is 0 Å². The Bertz CT molecular complexity index is 324. The van der Waals surface area contributed by atoms with Gasteiger partial charge in [0.1, 0.15) is 5.75 Å². The fourth-order valence-corrected chi connectivity index (χ4v) is 2.04. The van der Waals surface area contributed by atoms with Crippen LogP contribution in [-0.4, -0.2) is 26.4 Å². The minimum absolute atomic E-state index is 0.442. The Kier molecular flexibility index (Phi) is 8.26. The van der Waals surface area contributed by atoms with Gasteiger partial charge in [-0.05, 0) is 37.6 Å². The number of rotatable bonds is 10. The molecule has 0 saturated carbocycles. The maximum atomic E-state index is 5.68. The topological polar surface area (TPSA) is 30.5 Å². The lowest BCUT2D eigenvalue weighted by molar-refractivity contribution is 0.131. The van der Waals surface area contributed by atoms with Gasteiger partial charge in [0.15, 0.2) is 0 Å². The molecule has 0 aliphatic heterocycles. The van der Waals surface area contributed by atoms with Gasteiger partial charge < -0.3 is 14.8 Å². The second-order valence-electron chi connectivity index (χ2n) is 4.49. The standard InChI is InChI=1S/C16H27NO2/c1-4-16(17-5-2)14-8-10-15(11-9-14)19-13-7-12-18-6-3/h8-11,16-17H,4-7,12-13H2,1-3H3. The summed E-state index contributed by atoms with van der Waals surface area (Å²) in [6, 6.07) is 8.84. The molecule has 0 amide bonds. The highest BCUT2D eigenvalue weighted by molar-refractivity contribution is 5.29. The van der Waals surface area contributed by atoms with Gasteiger partial charge >= 0.3 is 0 Å². The maximum absolute atomic E-state index is 5.68. The van der Waals surface area contributed by atoms with Crippen LogP contribution < -0.4 is 10.1 Å². The van der Waals surface area contributed by atoms with E-state index in [4.69, 9.17) is 9.47 Å². The predicted octanol–water partition coefficient (Wildman–Crippen LogP) is 3.55. The molecular weight excluding hydrogens is 238 g/mol. The van der Waals surface area contributed by atoms with Crippen LogP contribution in [0.3, 0.4) is 0 Å². The second-order valence-corrected chi connectivity index (χ2v) is 4.49. The van der Waals surface area contributed by atoms with Crippen LogP contribution in [0.4, 0.5) is 0 Å². The van der Waals surface area contributed by atoms with Crippen molar-refractivity contribution >= 4 is 0 Å². The van der Waals surface area contributed by atoms with Gasteiger partial charge in [-0.1, -0.05) is 26.0 Å². The van der Waals surface area contributed by atoms with E-state index in [0.717, 1.165) is 38.3 Å². The highest BCUT2D eigenvalue weighted by Gasteiger charge is 2.07. The summed E-state index contributed by atoms with van der Waals surface area (Å²) >= 11 is 0. The van der Waals surface area contributed by atoms with E-state index in [9.17, 15) is 0 Å². The molecule has 0 fully saturated rings. The minimum atomic E-state index is 0.442. The number of benzene rings is 1. The lowest BCUT2D eigenvalue weighted by atomic mass is 10.0. The van der Waals surface area contributed by atoms with E-state index >= 15 is 0 Å². The molecule has 0 aliphatic rings. The first-order valence-electron chi connectivity index (χ1n) is 7.35. The highest BCUT2D eigenvalue weighted by Crippen LogP contribution is 2.20. The molecule has 3 heteroatoms. The molecule has 108 valence electrons. The Balaban J connectivity index is 2.38. The summed E-state index contributed by atoms with van der Waals surface area (Å²) in [5.74, 6) is 0.937. The van der Waals surface area contributed by atoms with Crippen molar-refractivity contribution in [3.63, 3.8) is 0 Å². The molecule has 0 saturated heterocycles. The van der Waals surface area contributed by atoms with Crippen LogP contribution in [0.1, 0.15) is 45.2 Å². The van der Waals surface area contributed by atoms with Gasteiger partial charge in [0.2, 0.25) is 0 Å². The third kappa shape index (κ3) is 6.08. The number of ether oxygens (including phenoxy) is 2. The van der Waals surface area contributed by atoms with Crippen LogP contribution in [0.2, 0.25) is 0 Å². The molecule has 1 rings (SSSR count). The molecule has 1 N–H and O–H groups in total. The molecule has 1 atom stereocenters. The number of nitrogens with one attached hydrogen (secondary N) is 1. The fraction of sp³-hybridized carbons (Fsp3) is 0.625. The Hall–Kier alpha value is -1.06. The molecule has 1 unspecified atom stereocenters. The van der Waals surface area contributed by atoms with Crippen molar-refractivity contribution in [1.82, 2.24) is 5.32 Å². The van der Waals surface area contributed by atoms with Crippen molar-refractivity contribution in [3.05, 3.63) is 29.8 Å². The largest absolute Gasteiger partial charge is 0.494 e. The molecule has 0 heterocycles. The number of hydrogen-bond acceptors (Lipinski definition) is 3. The molecule has 0 radical (unpaired) electrons. The van der Waals surface area contributed by atoms with Crippen molar-refractivity contribution in [2.75, 3.05) is 26.4 Å². The third-order valence-electron chi connectivity index (χ3n) is 3.05. The van der Waals surface area contributed by atoms with Crippen LogP contribution in [0.15, 0.2) is 24.3 Å². The van der Waals surface area contributed by atoms with Crippen LogP contribution in [0.5, 0.6) is 5.75 Å². The van der Waals surface area contributed by atoms with E-state index < -0.39 is 0 Å². The Morgan fingerprint density at radius 2 is 1.79 bits per heavy atom. The summed E-state index contributed by atoms with van der Waals surface area (Å²) < 4.78 is 11.0. The quantitative estimate of drug-likeness (QED) is 0.656. The molecule has 0 bridgehead atoms. The number of hydrogen-bond donors (Lipinski definition) is 1. The zero-order chi connectivity index (χ0) is 13.9. The molecule has 0 aromatic heterocycles. The van der Waals surface area contributed by atoms with E-state index in [1.807, 2.05) is 6.92 Å². The normalized spacial score (nSPS) is 12.4. The van der Waals surface area contributed by atoms with Crippen molar-refractivity contribution in [3.8, 4) is 5.75 Å². The van der Waals surface area contributed by atoms with Gasteiger partial charge in [0.25, 0.3) is 0 Å². The zero-order valence-corrected chi connectivity index (χ0v) is 12.4. The molecular formula is C16H27NO2. The molecule has 19 heavy (non-hydrogen) atoms. The first kappa shape index (κ1) is 16.0. The SMILES string of the molecule is CCNC(CC)c1ccc(OCCCOCC)cc1. The van der Waals surface area contributed by atoms with E-state index in [1.54, 1.807) is 0 Å². The lowest BCUT2D eigenvalue weighted by Gasteiger charge is -2.16. The summed E-state index contributed by atoms with van der Waals surface area (Å²) in [6.07, 6.45) is 2.03. The van der Waals surface area contributed by atoms with Crippen LogP contribution in [0, 0.1) is 0 Å². The fourth-order valence-electron chi connectivity index (χ4n) is 2.04. The summed E-state index contributed by atoms with van der Waals surface area (Å²) in [5.41, 5.74) is 1.33. The van der Waals surface area contributed by atoms with Crippen molar-refractivity contribution < 1.29 is 9.47 Å². The third-order valence-corrected chi connectivity index (χ3v) is 3.05. The van der Waals surface area contributed by atoms with Gasteiger partial charge in [-0.3, -0.25) is 0 Å². The van der Waals surface area contributed by atoms with Crippen LogP contribution >= 0.6 is 0 Å². The van der Waals surface area contributed by atoms with E-state index in [2.05, 4.69) is 43.4 Å². The Morgan fingerprint density at radius 3 is 2.37 bits per heavy atom. The van der Waals surface area contributed by atoms with Crippen molar-refractivity contribution in [2.24, 2.45) is 0 Å². The van der Waals surface area contributed by atoms with E-state index in [1.165, 1.54) is 5.56 Å². The maximum Gasteiger partial charge on any atom is 0.119 e. The molecule has 1 aromatic rings. The highest BCUT2D eigenvalue weighted by atomic mass is 16.5. The second kappa shape index (κ2) is 9.82. The molecule has 1 aromatic carbocycles. The first-order valence-corrected chi connectivity index (χ1v) is 7.35. The van der Waals surface area contributed by atoms with Gasteiger partial charge in [0, 0.05) is 25.7 Å². The van der Waals surface area contributed by atoms with Crippen LogP contribution in [-0.2, 0) is 4.74 Å². The summed E-state index contributed by atoms with van der Waals surface area (Å²) in [6.45, 7) is 9.60. The van der Waals surface area contributed by atoms with Gasteiger partial charge in [-0.25, -0.2) is 0 Å². The zero-order valence-electron chi connectivity index (χ0n) is 12.4. The first-order chi connectivity index (χ1) is 9.31. The predicted molar refractivity (Wildman–Crippen MR) is 79.8 cm³/mol. The van der Waals surface area contributed by atoms with E-state index in [0.29, 0.717) is 12.6 Å².